The van der Waals surface area contributed by atoms with Gasteiger partial charge < -0.3 is 10.5 Å². The molecular formula is C8H18N6O3S. The molecule has 0 aromatic rings. The first-order chi connectivity index (χ1) is 8.44. The number of carbonyl (C=O) groups excluding carboxylic acids is 1. The summed E-state index contributed by atoms with van der Waals surface area (Å²) in [6, 6.07) is -0.827. The number of hydrazine groups is 2. The number of ether oxygens (including phenoxy) is 1. The summed E-state index contributed by atoms with van der Waals surface area (Å²) < 4.78 is 24.0. The van der Waals surface area contributed by atoms with E-state index in [0.717, 1.165) is 0 Å². The standard InChI is InChI=1S/C8H18N6O3S/c1-17-8(15)6(9)2-4-18(10,16)5-3-7-11-13-14-12-7/h6,10,13-14H,2-5,9H2,1H3,(H,11,12)/t6-,18?/m0/s1. The predicted molar refractivity (Wildman–Crippen MR) is 66.7 cm³/mol. The SMILES string of the molecule is COC(=O)[C@@H](N)CCS(=N)(=O)CCC1=NNNN1. The summed E-state index contributed by atoms with van der Waals surface area (Å²) in [7, 11) is -1.53. The largest absolute Gasteiger partial charge is 0.468 e. The smallest absolute Gasteiger partial charge is 0.322 e. The Morgan fingerprint density at radius 3 is 2.89 bits per heavy atom. The van der Waals surface area contributed by atoms with Gasteiger partial charge in [-0.1, -0.05) is 0 Å². The number of hydrazone groups is 1. The van der Waals surface area contributed by atoms with E-state index < -0.39 is 21.7 Å². The number of amidine groups is 1. The molecule has 0 saturated carbocycles. The minimum Gasteiger partial charge on any atom is -0.468 e. The lowest BCUT2D eigenvalue weighted by atomic mass is 10.2. The van der Waals surface area contributed by atoms with Crippen molar-refractivity contribution in [1.82, 2.24) is 16.5 Å². The molecule has 1 aliphatic rings. The van der Waals surface area contributed by atoms with Crippen molar-refractivity contribution in [3.8, 4) is 0 Å². The molecule has 1 aliphatic heterocycles. The van der Waals surface area contributed by atoms with Gasteiger partial charge in [0.05, 0.1) is 7.11 Å². The van der Waals surface area contributed by atoms with Gasteiger partial charge in [0.1, 0.15) is 11.9 Å². The molecule has 0 aromatic carbocycles. The van der Waals surface area contributed by atoms with Gasteiger partial charge in [-0.05, 0) is 6.42 Å². The van der Waals surface area contributed by atoms with E-state index in [4.69, 9.17) is 10.5 Å². The number of esters is 1. The molecule has 1 unspecified atom stereocenters. The van der Waals surface area contributed by atoms with Gasteiger partial charge in [-0.25, -0.2) is 9.74 Å². The van der Waals surface area contributed by atoms with Gasteiger partial charge in [0.15, 0.2) is 0 Å². The molecule has 0 fully saturated rings. The number of carbonyl (C=O) groups is 1. The van der Waals surface area contributed by atoms with Crippen molar-refractivity contribution in [2.75, 3.05) is 18.6 Å². The van der Waals surface area contributed by atoms with Crippen molar-refractivity contribution in [2.24, 2.45) is 10.8 Å². The number of hydrogen-bond donors (Lipinski definition) is 5. The minimum atomic E-state index is -2.77. The van der Waals surface area contributed by atoms with Crippen molar-refractivity contribution in [3.05, 3.63) is 0 Å². The van der Waals surface area contributed by atoms with Crippen LogP contribution in [-0.4, -0.2) is 40.7 Å². The summed E-state index contributed by atoms with van der Waals surface area (Å²) in [4.78, 5) is 11.0. The second-order valence-electron chi connectivity index (χ2n) is 3.81. The van der Waals surface area contributed by atoms with E-state index in [0.29, 0.717) is 12.3 Å². The lowest BCUT2D eigenvalue weighted by molar-refractivity contribution is -0.142. The Labute approximate surface area is 105 Å². The minimum absolute atomic E-state index is 0.0669. The number of nitrogens with one attached hydrogen (secondary N) is 4. The van der Waals surface area contributed by atoms with Crippen LogP contribution in [0, 0.1) is 4.78 Å². The average Bonchev–Trinajstić information content (AvgIpc) is 2.86. The predicted octanol–water partition coefficient (Wildman–Crippen LogP) is -1.76. The zero-order valence-electron chi connectivity index (χ0n) is 10.1. The molecule has 0 radical (unpaired) electrons. The maximum atomic E-state index is 11.9. The third-order valence-corrected chi connectivity index (χ3v) is 4.14. The Morgan fingerprint density at radius 1 is 1.61 bits per heavy atom. The van der Waals surface area contributed by atoms with E-state index in [-0.39, 0.29) is 17.9 Å². The van der Waals surface area contributed by atoms with Crippen LogP contribution < -0.4 is 22.2 Å². The molecule has 1 heterocycles. The summed E-state index contributed by atoms with van der Waals surface area (Å²) in [5, 5.41) is 3.81. The highest BCUT2D eigenvalue weighted by Crippen LogP contribution is 2.02. The summed E-state index contributed by atoms with van der Waals surface area (Å²) in [6.45, 7) is 0. The summed E-state index contributed by atoms with van der Waals surface area (Å²) in [6.07, 6.45) is 0.557. The summed E-state index contributed by atoms with van der Waals surface area (Å²) in [5.41, 5.74) is 13.2. The fourth-order valence-electron chi connectivity index (χ4n) is 1.29. The Balaban J connectivity index is 2.33. The Kier molecular flexibility index (Phi) is 5.31. The molecular weight excluding hydrogens is 260 g/mol. The number of rotatable bonds is 7. The average molecular weight is 278 g/mol. The topological polar surface area (TPSA) is 142 Å². The highest BCUT2D eigenvalue weighted by atomic mass is 32.2. The van der Waals surface area contributed by atoms with Gasteiger partial charge in [0, 0.05) is 27.7 Å². The molecule has 2 atom stereocenters. The van der Waals surface area contributed by atoms with E-state index in [9.17, 15) is 9.00 Å². The van der Waals surface area contributed by atoms with Crippen LogP contribution in [0.3, 0.4) is 0 Å². The molecule has 9 nitrogen and oxygen atoms in total. The van der Waals surface area contributed by atoms with Crippen molar-refractivity contribution in [1.29, 1.82) is 4.78 Å². The van der Waals surface area contributed by atoms with Crippen LogP contribution in [0.4, 0.5) is 0 Å². The zero-order chi connectivity index (χ0) is 13.6. The monoisotopic (exact) mass is 278 g/mol. The fraction of sp³-hybridized carbons (Fsp3) is 0.750. The van der Waals surface area contributed by atoms with E-state index in [1.54, 1.807) is 0 Å². The van der Waals surface area contributed by atoms with E-state index in [1.165, 1.54) is 7.11 Å². The second kappa shape index (κ2) is 6.52. The van der Waals surface area contributed by atoms with E-state index in [2.05, 4.69) is 26.3 Å². The van der Waals surface area contributed by atoms with Crippen LogP contribution in [0.2, 0.25) is 0 Å². The highest BCUT2D eigenvalue weighted by Gasteiger charge is 2.17. The van der Waals surface area contributed by atoms with Crippen molar-refractivity contribution < 1.29 is 13.7 Å². The van der Waals surface area contributed by atoms with Crippen LogP contribution >= 0.6 is 0 Å². The van der Waals surface area contributed by atoms with E-state index in [1.807, 2.05) is 0 Å². The van der Waals surface area contributed by atoms with Gasteiger partial charge in [0.2, 0.25) is 0 Å². The van der Waals surface area contributed by atoms with Crippen molar-refractivity contribution >= 4 is 21.5 Å². The molecule has 0 saturated heterocycles. The van der Waals surface area contributed by atoms with Gasteiger partial charge in [-0.2, -0.15) is 0 Å². The third-order valence-electron chi connectivity index (χ3n) is 2.38. The maximum absolute atomic E-state index is 11.9. The Morgan fingerprint density at radius 2 is 2.33 bits per heavy atom. The lowest BCUT2D eigenvalue weighted by Gasteiger charge is -2.11. The quantitative estimate of drug-likeness (QED) is 0.347. The second-order valence-corrected chi connectivity index (χ2v) is 6.25. The van der Waals surface area contributed by atoms with Gasteiger partial charge in [-0.3, -0.25) is 15.0 Å². The van der Waals surface area contributed by atoms with Crippen LogP contribution in [-0.2, 0) is 19.3 Å². The van der Waals surface area contributed by atoms with Crippen LogP contribution in [0.5, 0.6) is 0 Å². The first-order valence-corrected chi connectivity index (χ1v) is 7.24. The molecule has 104 valence electrons. The number of nitrogens with two attached hydrogens (primary N) is 1. The lowest BCUT2D eigenvalue weighted by Crippen LogP contribution is -2.36. The van der Waals surface area contributed by atoms with Gasteiger partial charge >= 0.3 is 5.97 Å². The molecule has 10 heteroatoms. The Hall–Kier alpha value is -1.39. The summed E-state index contributed by atoms with van der Waals surface area (Å²) >= 11 is 0. The first kappa shape index (κ1) is 14.7. The zero-order valence-corrected chi connectivity index (χ0v) is 10.9. The highest BCUT2D eigenvalue weighted by molar-refractivity contribution is 7.92. The maximum Gasteiger partial charge on any atom is 0.322 e. The molecule has 0 spiro atoms. The van der Waals surface area contributed by atoms with Gasteiger partial charge in [0.25, 0.3) is 0 Å². The fourth-order valence-corrected chi connectivity index (χ4v) is 2.65. The number of methoxy groups -OCH3 is 1. The van der Waals surface area contributed by atoms with Crippen LogP contribution in [0.15, 0.2) is 5.10 Å². The van der Waals surface area contributed by atoms with Crippen LogP contribution in [0.1, 0.15) is 12.8 Å². The Bertz CT molecular complexity index is 421. The van der Waals surface area contributed by atoms with E-state index >= 15 is 0 Å². The normalized spacial score (nSPS) is 19.1. The van der Waals surface area contributed by atoms with Crippen molar-refractivity contribution in [3.63, 3.8) is 0 Å². The molecule has 0 aliphatic carbocycles. The van der Waals surface area contributed by atoms with Gasteiger partial charge in [-0.15, -0.1) is 10.6 Å². The number of hydrogen-bond acceptors (Lipinski definition) is 9. The first-order valence-electron chi connectivity index (χ1n) is 5.35. The molecule has 0 bridgehead atoms. The molecule has 1 rings (SSSR count). The molecule has 0 amide bonds. The summed E-state index contributed by atoms with van der Waals surface area (Å²) in [5.74, 6) is 0.265. The molecule has 18 heavy (non-hydrogen) atoms. The third kappa shape index (κ3) is 4.85. The molecule has 0 aromatic heterocycles. The van der Waals surface area contributed by atoms with Crippen molar-refractivity contribution in [2.45, 2.75) is 18.9 Å². The van der Waals surface area contributed by atoms with Crippen LogP contribution in [0.25, 0.3) is 0 Å². The number of nitrogens with zero attached hydrogens (tertiary/aromatic N) is 1. The molecule has 6 N–H and O–H groups in total.